The minimum atomic E-state index is -1.75. The highest BCUT2D eigenvalue weighted by Gasteiger charge is 2.31. The number of para-hydroxylation sites is 1. The van der Waals surface area contributed by atoms with E-state index in [0.29, 0.717) is 24.9 Å². The molecular weight excluding hydrogens is 526 g/mol. The van der Waals surface area contributed by atoms with Crippen molar-refractivity contribution in [3.8, 4) is 0 Å². The fourth-order valence-electron chi connectivity index (χ4n) is 4.00. The maximum absolute atomic E-state index is 13.3. The molecule has 0 spiro atoms. The summed E-state index contributed by atoms with van der Waals surface area (Å²) in [4.78, 5) is 75.9. The molecule has 2 aromatic rings. The van der Waals surface area contributed by atoms with E-state index < -0.39 is 72.6 Å². The van der Waals surface area contributed by atoms with Gasteiger partial charge in [0.25, 0.3) is 0 Å². The predicted octanol–water partition coefficient (Wildman–Crippen LogP) is -1.94. The molecule has 0 saturated heterocycles. The van der Waals surface area contributed by atoms with Crippen LogP contribution in [-0.2, 0) is 35.2 Å². The standard InChI is InChI=1S/C25H35N7O8/c26-8-4-3-7-17(30-22(36)15(27)10-20(28)33)23(37)31-18(24(38)32-19(25(39)40)11-21(34)35)9-13-12-29-16-6-2-1-5-14(13)16/h1-2,5-6,12,15,17-19,29H,3-4,7-11,26-27H2,(H2,28,33)(H,30,36)(H,31,37)(H,32,38)(H,34,35)(H,39,40). The number of fused-ring (bicyclic) bond motifs is 1. The third-order valence-electron chi connectivity index (χ3n) is 6.06. The van der Waals surface area contributed by atoms with E-state index in [1.54, 1.807) is 30.5 Å². The van der Waals surface area contributed by atoms with Gasteiger partial charge in [-0.1, -0.05) is 18.2 Å². The van der Waals surface area contributed by atoms with Crippen molar-refractivity contribution in [3.63, 3.8) is 0 Å². The molecule has 4 unspecified atom stereocenters. The molecule has 0 aliphatic rings. The number of H-pyrrole nitrogens is 1. The number of benzene rings is 1. The number of carboxylic acids is 2. The summed E-state index contributed by atoms with van der Waals surface area (Å²) in [5.74, 6) is -6.34. The molecule has 218 valence electrons. The number of nitrogens with one attached hydrogen (secondary N) is 4. The summed E-state index contributed by atoms with van der Waals surface area (Å²) in [6.07, 6.45) is 1.29. The molecule has 4 amide bonds. The lowest BCUT2D eigenvalue weighted by atomic mass is 10.0. The zero-order valence-corrected chi connectivity index (χ0v) is 21.7. The van der Waals surface area contributed by atoms with Crippen molar-refractivity contribution < 1.29 is 39.0 Å². The average Bonchev–Trinajstić information content (AvgIpc) is 3.29. The maximum atomic E-state index is 13.3. The molecule has 15 heteroatoms. The average molecular weight is 562 g/mol. The van der Waals surface area contributed by atoms with Gasteiger partial charge in [-0.2, -0.15) is 0 Å². The number of hydrogen-bond donors (Lipinski definition) is 9. The van der Waals surface area contributed by atoms with Gasteiger partial charge in [0.2, 0.25) is 23.6 Å². The van der Waals surface area contributed by atoms with Gasteiger partial charge in [-0.15, -0.1) is 0 Å². The zero-order valence-electron chi connectivity index (χ0n) is 21.7. The van der Waals surface area contributed by atoms with Gasteiger partial charge in [-0.05, 0) is 37.4 Å². The van der Waals surface area contributed by atoms with Crippen LogP contribution in [0.1, 0.15) is 37.7 Å². The second-order valence-corrected chi connectivity index (χ2v) is 9.24. The molecule has 0 radical (unpaired) electrons. The van der Waals surface area contributed by atoms with Gasteiger partial charge >= 0.3 is 11.9 Å². The first-order valence-electron chi connectivity index (χ1n) is 12.6. The Balaban J connectivity index is 2.32. The van der Waals surface area contributed by atoms with Gasteiger partial charge in [0.1, 0.15) is 18.1 Å². The van der Waals surface area contributed by atoms with E-state index in [1.165, 1.54) is 0 Å². The molecule has 1 aromatic carbocycles. The van der Waals surface area contributed by atoms with Crippen LogP contribution in [0.5, 0.6) is 0 Å². The van der Waals surface area contributed by atoms with E-state index in [1.807, 2.05) is 0 Å². The first-order chi connectivity index (χ1) is 18.9. The van der Waals surface area contributed by atoms with Crippen LogP contribution in [0.15, 0.2) is 30.5 Å². The van der Waals surface area contributed by atoms with Gasteiger partial charge in [-0.3, -0.25) is 24.0 Å². The Bertz CT molecular complexity index is 1230. The smallest absolute Gasteiger partial charge is 0.326 e. The largest absolute Gasteiger partial charge is 0.481 e. The highest BCUT2D eigenvalue weighted by atomic mass is 16.4. The third kappa shape index (κ3) is 9.67. The van der Waals surface area contributed by atoms with E-state index in [4.69, 9.17) is 22.3 Å². The van der Waals surface area contributed by atoms with Crippen LogP contribution in [0.4, 0.5) is 0 Å². The van der Waals surface area contributed by atoms with Crippen molar-refractivity contribution in [2.45, 2.75) is 62.7 Å². The quantitative estimate of drug-likeness (QED) is 0.0963. The van der Waals surface area contributed by atoms with Crippen LogP contribution in [0.2, 0.25) is 0 Å². The molecule has 15 nitrogen and oxygen atoms in total. The van der Waals surface area contributed by atoms with Crippen molar-refractivity contribution in [3.05, 3.63) is 36.0 Å². The lowest BCUT2D eigenvalue weighted by molar-refractivity contribution is -0.147. The minimum Gasteiger partial charge on any atom is -0.481 e. The third-order valence-corrected chi connectivity index (χ3v) is 6.06. The van der Waals surface area contributed by atoms with Crippen LogP contribution < -0.4 is 33.2 Å². The number of amides is 4. The lowest BCUT2D eigenvalue weighted by Gasteiger charge is -2.25. The zero-order chi connectivity index (χ0) is 29.8. The summed E-state index contributed by atoms with van der Waals surface area (Å²) in [5, 5.41) is 26.3. The van der Waals surface area contributed by atoms with Crippen LogP contribution >= 0.6 is 0 Å². The van der Waals surface area contributed by atoms with Crippen molar-refractivity contribution in [1.29, 1.82) is 0 Å². The number of aromatic nitrogens is 1. The highest BCUT2D eigenvalue weighted by Crippen LogP contribution is 2.19. The van der Waals surface area contributed by atoms with Crippen LogP contribution in [-0.4, -0.2) is 81.5 Å². The number of carboxylic acid groups (broad SMARTS) is 2. The molecule has 0 aliphatic heterocycles. The Labute approximate surface area is 229 Å². The molecule has 1 heterocycles. The highest BCUT2D eigenvalue weighted by molar-refractivity contribution is 5.96. The summed E-state index contributed by atoms with van der Waals surface area (Å²) in [6, 6.07) is 1.59. The number of rotatable bonds is 17. The SMILES string of the molecule is NCCCCC(NC(=O)C(N)CC(N)=O)C(=O)NC(Cc1c[nH]c2ccccc12)C(=O)NC(CC(=O)O)C(=O)O. The number of nitrogens with two attached hydrogens (primary N) is 3. The molecule has 40 heavy (non-hydrogen) atoms. The van der Waals surface area contributed by atoms with Gasteiger partial charge in [0.05, 0.1) is 18.9 Å². The van der Waals surface area contributed by atoms with E-state index in [-0.39, 0.29) is 12.8 Å². The number of carbonyl (C=O) groups excluding carboxylic acids is 4. The minimum absolute atomic E-state index is 0.0916. The predicted molar refractivity (Wildman–Crippen MR) is 142 cm³/mol. The Morgan fingerprint density at radius 1 is 0.850 bits per heavy atom. The van der Waals surface area contributed by atoms with Crippen molar-refractivity contribution in [2.75, 3.05) is 6.54 Å². The molecule has 0 bridgehead atoms. The molecule has 4 atom stereocenters. The lowest BCUT2D eigenvalue weighted by Crippen LogP contribution is -2.58. The molecule has 12 N–H and O–H groups in total. The van der Waals surface area contributed by atoms with Crippen molar-refractivity contribution in [2.24, 2.45) is 17.2 Å². The number of aliphatic carboxylic acids is 2. The molecule has 0 aliphatic carbocycles. The molecule has 0 saturated carbocycles. The fourth-order valence-corrected chi connectivity index (χ4v) is 4.00. The summed E-state index contributed by atoms with van der Waals surface area (Å²) >= 11 is 0. The maximum Gasteiger partial charge on any atom is 0.326 e. The fraction of sp³-hybridized carbons (Fsp3) is 0.440. The van der Waals surface area contributed by atoms with E-state index in [0.717, 1.165) is 10.9 Å². The molecule has 0 fully saturated rings. The summed E-state index contributed by atoms with van der Waals surface area (Å²) < 4.78 is 0. The van der Waals surface area contributed by atoms with Crippen LogP contribution in [0.3, 0.4) is 0 Å². The second-order valence-electron chi connectivity index (χ2n) is 9.24. The summed E-state index contributed by atoms with van der Waals surface area (Å²) in [5.41, 5.74) is 17.7. The van der Waals surface area contributed by atoms with Crippen LogP contribution in [0, 0.1) is 0 Å². The number of unbranched alkanes of at least 4 members (excludes halogenated alkanes) is 1. The van der Waals surface area contributed by atoms with Crippen LogP contribution in [0.25, 0.3) is 10.9 Å². The molecule has 2 rings (SSSR count). The summed E-state index contributed by atoms with van der Waals surface area (Å²) in [7, 11) is 0. The van der Waals surface area contributed by atoms with E-state index >= 15 is 0 Å². The Morgan fingerprint density at radius 2 is 1.48 bits per heavy atom. The normalized spacial score (nSPS) is 13.9. The topological polar surface area (TPSA) is 273 Å². The first kappa shape index (κ1) is 31.7. The Kier molecular flexibility index (Phi) is 12.0. The number of primary amides is 1. The number of hydrogen-bond acceptors (Lipinski definition) is 8. The summed E-state index contributed by atoms with van der Waals surface area (Å²) in [6.45, 7) is 0.329. The second kappa shape index (κ2) is 15.2. The Morgan fingerprint density at radius 3 is 2.10 bits per heavy atom. The monoisotopic (exact) mass is 561 g/mol. The first-order valence-corrected chi connectivity index (χ1v) is 12.6. The van der Waals surface area contributed by atoms with Crippen molar-refractivity contribution >= 4 is 46.5 Å². The number of carbonyl (C=O) groups is 6. The van der Waals surface area contributed by atoms with Gasteiger partial charge in [0.15, 0.2) is 0 Å². The van der Waals surface area contributed by atoms with Gasteiger partial charge in [-0.25, -0.2) is 4.79 Å². The van der Waals surface area contributed by atoms with Gasteiger partial charge in [0, 0.05) is 23.5 Å². The molecular formula is C25H35N7O8. The van der Waals surface area contributed by atoms with E-state index in [9.17, 15) is 33.9 Å². The van der Waals surface area contributed by atoms with Crippen molar-refractivity contribution in [1.82, 2.24) is 20.9 Å². The number of aromatic amines is 1. The van der Waals surface area contributed by atoms with Gasteiger partial charge < -0.3 is 48.3 Å². The van der Waals surface area contributed by atoms with E-state index in [2.05, 4.69) is 20.9 Å². The molecule has 1 aromatic heterocycles. The Hall–Kier alpha value is -4.50.